The summed E-state index contributed by atoms with van der Waals surface area (Å²) in [6, 6.07) is 11.3. The highest BCUT2D eigenvalue weighted by atomic mass is 16.5. The van der Waals surface area contributed by atoms with Crippen LogP contribution in [0.25, 0.3) is 0 Å². The number of ether oxygens (including phenoxy) is 1. The summed E-state index contributed by atoms with van der Waals surface area (Å²) in [6.45, 7) is 5.29. The van der Waals surface area contributed by atoms with Gasteiger partial charge in [0.05, 0.1) is 6.61 Å². The molecule has 1 aromatic carbocycles. The van der Waals surface area contributed by atoms with Gasteiger partial charge in [0.15, 0.2) is 0 Å². The predicted octanol–water partition coefficient (Wildman–Crippen LogP) is 2.97. The first-order valence-corrected chi connectivity index (χ1v) is 7.99. The second kappa shape index (κ2) is 8.98. The molecule has 1 saturated heterocycles. The standard InChI is InChI=1S/C17H28N2O/c1-15(14-16-8-5-6-11-19-16)18-12-7-13-20-17-9-3-2-4-10-17/h2-4,9-10,15-16,18-19H,5-8,11-14H2,1H3. The summed E-state index contributed by atoms with van der Waals surface area (Å²) < 4.78 is 5.69. The zero-order chi connectivity index (χ0) is 14.0. The van der Waals surface area contributed by atoms with Gasteiger partial charge in [0.1, 0.15) is 5.75 Å². The minimum Gasteiger partial charge on any atom is -0.494 e. The van der Waals surface area contributed by atoms with E-state index in [1.54, 1.807) is 0 Å². The van der Waals surface area contributed by atoms with E-state index >= 15 is 0 Å². The molecule has 3 heteroatoms. The van der Waals surface area contributed by atoms with Gasteiger partial charge in [0, 0.05) is 12.1 Å². The summed E-state index contributed by atoms with van der Waals surface area (Å²) in [4.78, 5) is 0. The Morgan fingerprint density at radius 3 is 2.90 bits per heavy atom. The number of piperidine rings is 1. The van der Waals surface area contributed by atoms with Gasteiger partial charge < -0.3 is 15.4 Å². The van der Waals surface area contributed by atoms with E-state index in [4.69, 9.17) is 4.74 Å². The van der Waals surface area contributed by atoms with Gasteiger partial charge in [-0.25, -0.2) is 0 Å². The Morgan fingerprint density at radius 2 is 2.15 bits per heavy atom. The molecule has 2 atom stereocenters. The molecule has 0 spiro atoms. The third kappa shape index (κ3) is 5.93. The molecule has 1 fully saturated rings. The maximum atomic E-state index is 5.69. The van der Waals surface area contributed by atoms with Gasteiger partial charge >= 0.3 is 0 Å². The van der Waals surface area contributed by atoms with Crippen molar-refractivity contribution in [2.24, 2.45) is 0 Å². The lowest BCUT2D eigenvalue weighted by atomic mass is 9.99. The molecular weight excluding hydrogens is 248 g/mol. The molecule has 2 N–H and O–H groups in total. The molecule has 0 saturated carbocycles. The predicted molar refractivity (Wildman–Crippen MR) is 84.3 cm³/mol. The van der Waals surface area contributed by atoms with Crippen molar-refractivity contribution in [2.45, 2.75) is 51.1 Å². The number of nitrogens with one attached hydrogen (secondary N) is 2. The molecule has 1 aliphatic heterocycles. The summed E-state index contributed by atoms with van der Waals surface area (Å²) >= 11 is 0. The molecule has 0 aliphatic carbocycles. The largest absolute Gasteiger partial charge is 0.494 e. The van der Waals surface area contributed by atoms with Crippen LogP contribution in [0.15, 0.2) is 30.3 Å². The molecular formula is C17H28N2O. The molecule has 0 aromatic heterocycles. The highest BCUT2D eigenvalue weighted by Gasteiger charge is 2.15. The Kier molecular flexibility index (Phi) is 6.89. The van der Waals surface area contributed by atoms with E-state index in [1.165, 1.54) is 32.2 Å². The maximum Gasteiger partial charge on any atom is 0.119 e. The van der Waals surface area contributed by atoms with Gasteiger partial charge in [-0.15, -0.1) is 0 Å². The van der Waals surface area contributed by atoms with E-state index < -0.39 is 0 Å². The van der Waals surface area contributed by atoms with Gasteiger partial charge in [-0.3, -0.25) is 0 Å². The van der Waals surface area contributed by atoms with Crippen molar-refractivity contribution in [3.63, 3.8) is 0 Å². The first-order valence-electron chi connectivity index (χ1n) is 7.99. The van der Waals surface area contributed by atoms with Gasteiger partial charge in [0.2, 0.25) is 0 Å². The molecule has 1 aromatic rings. The van der Waals surface area contributed by atoms with Crippen LogP contribution in [-0.2, 0) is 0 Å². The summed E-state index contributed by atoms with van der Waals surface area (Å²) in [7, 11) is 0. The van der Waals surface area contributed by atoms with Crippen molar-refractivity contribution >= 4 is 0 Å². The third-order valence-corrected chi connectivity index (χ3v) is 3.88. The second-order valence-corrected chi connectivity index (χ2v) is 5.75. The van der Waals surface area contributed by atoms with Crippen LogP contribution in [-0.4, -0.2) is 31.8 Å². The quantitative estimate of drug-likeness (QED) is 0.716. The fraction of sp³-hybridized carbons (Fsp3) is 0.647. The molecule has 1 heterocycles. The molecule has 2 unspecified atom stereocenters. The summed E-state index contributed by atoms with van der Waals surface area (Å²) in [5, 5.41) is 7.20. The average Bonchev–Trinajstić information content (AvgIpc) is 2.49. The highest BCUT2D eigenvalue weighted by molar-refractivity contribution is 5.20. The molecule has 0 amide bonds. The van der Waals surface area contributed by atoms with E-state index in [-0.39, 0.29) is 0 Å². The lowest BCUT2D eigenvalue weighted by Crippen LogP contribution is -2.40. The van der Waals surface area contributed by atoms with Crippen molar-refractivity contribution in [1.29, 1.82) is 0 Å². The van der Waals surface area contributed by atoms with Gasteiger partial charge in [-0.05, 0) is 57.8 Å². The molecule has 20 heavy (non-hydrogen) atoms. The first-order chi connectivity index (χ1) is 9.84. The van der Waals surface area contributed by atoms with Gasteiger partial charge in [-0.2, -0.15) is 0 Å². The SMILES string of the molecule is CC(CC1CCCCN1)NCCCOc1ccccc1. The molecule has 0 radical (unpaired) electrons. The lowest BCUT2D eigenvalue weighted by molar-refractivity contribution is 0.299. The van der Waals surface area contributed by atoms with Crippen LogP contribution >= 0.6 is 0 Å². The highest BCUT2D eigenvalue weighted by Crippen LogP contribution is 2.12. The monoisotopic (exact) mass is 276 g/mol. The fourth-order valence-corrected chi connectivity index (χ4v) is 2.76. The smallest absolute Gasteiger partial charge is 0.119 e. The van der Waals surface area contributed by atoms with Crippen molar-refractivity contribution in [1.82, 2.24) is 10.6 Å². The van der Waals surface area contributed by atoms with Crippen molar-refractivity contribution < 1.29 is 4.74 Å². The number of hydrogen-bond donors (Lipinski definition) is 2. The van der Waals surface area contributed by atoms with E-state index in [0.29, 0.717) is 12.1 Å². The van der Waals surface area contributed by atoms with Crippen LogP contribution in [0.5, 0.6) is 5.75 Å². The van der Waals surface area contributed by atoms with Crippen LogP contribution < -0.4 is 15.4 Å². The Balaban J connectivity index is 1.50. The molecule has 0 bridgehead atoms. The van der Waals surface area contributed by atoms with E-state index in [9.17, 15) is 0 Å². The topological polar surface area (TPSA) is 33.3 Å². The zero-order valence-corrected chi connectivity index (χ0v) is 12.6. The average molecular weight is 276 g/mol. The lowest BCUT2D eigenvalue weighted by Gasteiger charge is -2.26. The minimum atomic E-state index is 0.585. The Bertz CT molecular complexity index is 349. The Labute approximate surface area is 123 Å². The summed E-state index contributed by atoms with van der Waals surface area (Å²) in [6.07, 6.45) is 6.35. The van der Waals surface area contributed by atoms with E-state index in [1.807, 2.05) is 30.3 Å². The van der Waals surface area contributed by atoms with Crippen LogP contribution in [0.3, 0.4) is 0 Å². The Morgan fingerprint density at radius 1 is 1.30 bits per heavy atom. The van der Waals surface area contributed by atoms with Crippen molar-refractivity contribution in [3.8, 4) is 5.75 Å². The van der Waals surface area contributed by atoms with Crippen molar-refractivity contribution in [3.05, 3.63) is 30.3 Å². The van der Waals surface area contributed by atoms with E-state index in [0.717, 1.165) is 25.3 Å². The van der Waals surface area contributed by atoms with Crippen molar-refractivity contribution in [2.75, 3.05) is 19.7 Å². The summed E-state index contributed by atoms with van der Waals surface area (Å²) in [5.41, 5.74) is 0. The third-order valence-electron chi connectivity index (χ3n) is 3.88. The minimum absolute atomic E-state index is 0.585. The zero-order valence-electron chi connectivity index (χ0n) is 12.6. The normalized spacial score (nSPS) is 20.6. The number of benzene rings is 1. The van der Waals surface area contributed by atoms with Crippen LogP contribution in [0, 0.1) is 0 Å². The maximum absolute atomic E-state index is 5.69. The first kappa shape index (κ1) is 15.3. The van der Waals surface area contributed by atoms with Crippen LogP contribution in [0.4, 0.5) is 0 Å². The van der Waals surface area contributed by atoms with Gasteiger partial charge in [-0.1, -0.05) is 24.6 Å². The number of para-hydroxylation sites is 1. The molecule has 3 nitrogen and oxygen atoms in total. The second-order valence-electron chi connectivity index (χ2n) is 5.75. The molecule has 112 valence electrons. The molecule has 1 aliphatic rings. The fourth-order valence-electron chi connectivity index (χ4n) is 2.76. The van der Waals surface area contributed by atoms with E-state index in [2.05, 4.69) is 17.6 Å². The van der Waals surface area contributed by atoms with Crippen LogP contribution in [0.1, 0.15) is 39.0 Å². The van der Waals surface area contributed by atoms with Crippen LogP contribution in [0.2, 0.25) is 0 Å². The van der Waals surface area contributed by atoms with Gasteiger partial charge in [0.25, 0.3) is 0 Å². The summed E-state index contributed by atoms with van der Waals surface area (Å²) in [5.74, 6) is 0.965. The number of hydrogen-bond acceptors (Lipinski definition) is 3. The molecule has 2 rings (SSSR count). The number of rotatable bonds is 8. The Hall–Kier alpha value is -1.06.